The topological polar surface area (TPSA) is 105 Å². The summed E-state index contributed by atoms with van der Waals surface area (Å²) in [6.45, 7) is 0.225. The maximum atomic E-state index is 11.2. The predicted molar refractivity (Wildman–Crippen MR) is 72.6 cm³/mol. The lowest BCUT2D eigenvalue weighted by molar-refractivity contribution is -0.386. The van der Waals surface area contributed by atoms with Crippen molar-refractivity contribution in [2.45, 2.75) is 25.0 Å². The average Bonchev–Trinajstić information content (AvgIpc) is 2.93. The zero-order valence-electron chi connectivity index (χ0n) is 11.0. The molecule has 3 N–H and O–H groups in total. The molecule has 1 aromatic rings. The van der Waals surface area contributed by atoms with Crippen molar-refractivity contribution in [3.05, 3.63) is 33.9 Å². The molecule has 1 saturated heterocycles. The normalized spacial score (nSPS) is 21.9. The number of aliphatic hydroxyl groups is 2. The van der Waals surface area contributed by atoms with Crippen molar-refractivity contribution in [2.75, 3.05) is 25.1 Å². The second-order valence-electron chi connectivity index (χ2n) is 4.69. The molecule has 7 nitrogen and oxygen atoms in total. The highest BCUT2D eigenvalue weighted by atomic mass is 16.6. The quantitative estimate of drug-likeness (QED) is 0.535. The molecule has 1 fully saturated rings. The lowest BCUT2D eigenvalue weighted by Gasteiger charge is -2.14. The largest absolute Gasteiger partial charge is 0.395 e. The summed E-state index contributed by atoms with van der Waals surface area (Å²) < 4.78 is 5.59. The van der Waals surface area contributed by atoms with Crippen LogP contribution in [0.25, 0.3) is 0 Å². The molecular formula is C13H18N2O5. The van der Waals surface area contributed by atoms with Crippen molar-refractivity contribution in [3.63, 3.8) is 0 Å². The fourth-order valence-corrected chi connectivity index (χ4v) is 2.35. The van der Waals surface area contributed by atoms with Gasteiger partial charge >= 0.3 is 0 Å². The minimum atomic E-state index is -0.435. The number of aliphatic hydroxyl groups excluding tert-OH is 2. The summed E-state index contributed by atoms with van der Waals surface area (Å²) in [5.41, 5.74) is 1.11. The van der Waals surface area contributed by atoms with Crippen molar-refractivity contribution in [1.82, 2.24) is 0 Å². The smallest absolute Gasteiger partial charge is 0.277 e. The Bertz CT molecular complexity index is 480. The van der Waals surface area contributed by atoms with Gasteiger partial charge in [-0.2, -0.15) is 0 Å². The van der Waals surface area contributed by atoms with E-state index in [0.717, 1.165) is 0 Å². The summed E-state index contributed by atoms with van der Waals surface area (Å²) in [5, 5.41) is 31.9. The lowest BCUT2D eigenvalue weighted by Crippen LogP contribution is -2.12. The molecule has 2 unspecified atom stereocenters. The van der Waals surface area contributed by atoms with Gasteiger partial charge in [0.1, 0.15) is 0 Å². The van der Waals surface area contributed by atoms with Gasteiger partial charge in [-0.1, -0.05) is 0 Å². The monoisotopic (exact) mass is 282 g/mol. The van der Waals surface area contributed by atoms with Gasteiger partial charge in [0.15, 0.2) is 0 Å². The Morgan fingerprint density at radius 1 is 1.40 bits per heavy atom. The summed E-state index contributed by atoms with van der Waals surface area (Å²) in [6, 6.07) is 4.84. The molecule has 0 spiro atoms. The highest BCUT2D eigenvalue weighted by molar-refractivity contribution is 5.56. The molecule has 1 aromatic carbocycles. The Hall–Kier alpha value is -1.70. The zero-order valence-corrected chi connectivity index (χ0v) is 11.0. The van der Waals surface area contributed by atoms with E-state index in [0.29, 0.717) is 30.6 Å². The van der Waals surface area contributed by atoms with Crippen LogP contribution in [0.3, 0.4) is 0 Å². The van der Waals surface area contributed by atoms with Crippen molar-refractivity contribution in [1.29, 1.82) is 0 Å². The van der Waals surface area contributed by atoms with Crippen LogP contribution in [0.2, 0.25) is 0 Å². The maximum Gasteiger partial charge on any atom is 0.277 e. The van der Waals surface area contributed by atoms with Gasteiger partial charge in [0.05, 0.1) is 35.9 Å². The molecular weight excluding hydrogens is 264 g/mol. The SMILES string of the molecule is O=[N+]([O-])c1cc(NCCO)ccc1C1CCC(CO)O1. The minimum Gasteiger partial charge on any atom is -0.395 e. The second-order valence-corrected chi connectivity index (χ2v) is 4.69. The first-order chi connectivity index (χ1) is 9.65. The number of hydrogen-bond acceptors (Lipinski definition) is 6. The highest BCUT2D eigenvalue weighted by Crippen LogP contribution is 2.38. The first-order valence-corrected chi connectivity index (χ1v) is 6.55. The first kappa shape index (κ1) is 14.7. The standard InChI is InChI=1S/C13H18N2O5/c16-6-5-14-9-1-3-11(12(7-9)15(18)19)13-4-2-10(8-17)20-13/h1,3,7,10,13-14,16-17H,2,4-6,8H2. The Morgan fingerprint density at radius 2 is 2.20 bits per heavy atom. The molecule has 0 saturated carbocycles. The van der Waals surface area contributed by atoms with Crippen LogP contribution in [-0.4, -0.2) is 41.0 Å². The number of ether oxygens (including phenoxy) is 1. The molecule has 1 aliphatic heterocycles. The van der Waals surface area contributed by atoms with Crippen LogP contribution in [0.5, 0.6) is 0 Å². The van der Waals surface area contributed by atoms with Crippen LogP contribution in [0.1, 0.15) is 24.5 Å². The number of rotatable bonds is 6. The summed E-state index contributed by atoms with van der Waals surface area (Å²) in [5.74, 6) is 0. The van der Waals surface area contributed by atoms with E-state index in [2.05, 4.69) is 5.32 Å². The van der Waals surface area contributed by atoms with Crippen LogP contribution >= 0.6 is 0 Å². The number of nitrogens with one attached hydrogen (secondary N) is 1. The van der Waals surface area contributed by atoms with Crippen LogP contribution in [-0.2, 0) is 4.74 Å². The Kier molecular flexibility index (Phi) is 4.89. The molecule has 2 atom stereocenters. The molecule has 1 heterocycles. The molecule has 0 radical (unpaired) electrons. The fraction of sp³-hybridized carbons (Fsp3) is 0.538. The van der Waals surface area contributed by atoms with Gasteiger partial charge < -0.3 is 20.3 Å². The van der Waals surface area contributed by atoms with Crippen molar-refractivity contribution in [2.24, 2.45) is 0 Å². The predicted octanol–water partition coefficient (Wildman–Crippen LogP) is 1.21. The van der Waals surface area contributed by atoms with Crippen molar-refractivity contribution < 1.29 is 19.9 Å². The molecule has 20 heavy (non-hydrogen) atoms. The van der Waals surface area contributed by atoms with Crippen LogP contribution < -0.4 is 5.32 Å². The third kappa shape index (κ3) is 3.24. The van der Waals surface area contributed by atoms with E-state index >= 15 is 0 Å². The summed E-state index contributed by atoms with van der Waals surface area (Å²) >= 11 is 0. The zero-order chi connectivity index (χ0) is 14.5. The summed E-state index contributed by atoms with van der Waals surface area (Å²) in [7, 11) is 0. The molecule has 1 aliphatic rings. The first-order valence-electron chi connectivity index (χ1n) is 6.55. The van der Waals surface area contributed by atoms with E-state index in [-0.39, 0.29) is 31.1 Å². The number of benzene rings is 1. The van der Waals surface area contributed by atoms with E-state index in [9.17, 15) is 10.1 Å². The van der Waals surface area contributed by atoms with Crippen LogP contribution in [0.15, 0.2) is 18.2 Å². The van der Waals surface area contributed by atoms with E-state index in [1.165, 1.54) is 6.07 Å². The molecule has 7 heteroatoms. The highest BCUT2D eigenvalue weighted by Gasteiger charge is 2.31. The number of hydrogen-bond donors (Lipinski definition) is 3. The van der Waals surface area contributed by atoms with Crippen LogP contribution in [0, 0.1) is 10.1 Å². The summed E-state index contributed by atoms with van der Waals surface area (Å²) in [6.07, 6.45) is 0.768. The van der Waals surface area contributed by atoms with Gasteiger partial charge in [-0.05, 0) is 25.0 Å². The van der Waals surface area contributed by atoms with Crippen molar-refractivity contribution >= 4 is 11.4 Å². The lowest BCUT2D eigenvalue weighted by atomic mass is 10.0. The van der Waals surface area contributed by atoms with Gasteiger partial charge in [-0.3, -0.25) is 10.1 Å². The van der Waals surface area contributed by atoms with E-state index < -0.39 is 4.92 Å². The third-order valence-corrected chi connectivity index (χ3v) is 3.33. The second kappa shape index (κ2) is 6.65. The van der Waals surface area contributed by atoms with E-state index in [1.54, 1.807) is 12.1 Å². The molecule has 0 aliphatic carbocycles. The Labute approximate surface area is 116 Å². The molecule has 0 bridgehead atoms. The average molecular weight is 282 g/mol. The summed E-state index contributed by atoms with van der Waals surface area (Å²) in [4.78, 5) is 10.7. The van der Waals surface area contributed by atoms with E-state index in [4.69, 9.17) is 14.9 Å². The molecule has 0 amide bonds. The van der Waals surface area contributed by atoms with Gasteiger partial charge in [0.2, 0.25) is 0 Å². The van der Waals surface area contributed by atoms with Gasteiger partial charge in [-0.15, -0.1) is 0 Å². The number of nitro benzene ring substituents is 1. The number of nitro groups is 1. The van der Waals surface area contributed by atoms with Crippen LogP contribution in [0.4, 0.5) is 11.4 Å². The van der Waals surface area contributed by atoms with Gasteiger partial charge in [0.25, 0.3) is 5.69 Å². The van der Waals surface area contributed by atoms with Crippen molar-refractivity contribution in [3.8, 4) is 0 Å². The fourth-order valence-electron chi connectivity index (χ4n) is 2.35. The maximum absolute atomic E-state index is 11.2. The molecule has 110 valence electrons. The number of nitrogens with zero attached hydrogens (tertiary/aromatic N) is 1. The molecule has 0 aromatic heterocycles. The Morgan fingerprint density at radius 3 is 2.80 bits per heavy atom. The molecule has 2 rings (SSSR count). The Balaban J connectivity index is 2.22. The van der Waals surface area contributed by atoms with Gasteiger partial charge in [0, 0.05) is 18.3 Å². The van der Waals surface area contributed by atoms with E-state index in [1.807, 2.05) is 0 Å². The third-order valence-electron chi connectivity index (χ3n) is 3.33. The van der Waals surface area contributed by atoms with Gasteiger partial charge in [-0.25, -0.2) is 0 Å². The number of anilines is 1. The minimum absolute atomic E-state index is 0.00321.